The fourth-order valence-electron chi connectivity index (χ4n) is 2.43. The fraction of sp³-hybridized carbons (Fsp3) is 0.286. The van der Waals surface area contributed by atoms with E-state index < -0.39 is 18.7 Å². The summed E-state index contributed by atoms with van der Waals surface area (Å²) in [6, 6.07) is 13.4. The zero-order valence-electron chi connectivity index (χ0n) is 16.3. The molecule has 0 aliphatic carbocycles. The monoisotopic (exact) mass is 385 g/mol. The molecule has 0 aliphatic heterocycles. The second-order valence-corrected chi connectivity index (χ2v) is 6.22. The first-order valence-electron chi connectivity index (χ1n) is 8.61. The lowest BCUT2D eigenvalue weighted by Crippen LogP contribution is -2.32. The van der Waals surface area contributed by atoms with Gasteiger partial charge >= 0.3 is 5.97 Å². The van der Waals surface area contributed by atoms with Gasteiger partial charge < -0.3 is 19.1 Å². The largest absolute Gasteiger partial charge is 0.493 e. The Kier molecular flexibility index (Phi) is 7.14. The molecule has 1 atom stereocenters. The first-order valence-corrected chi connectivity index (χ1v) is 8.61. The number of carbonyl (C=O) groups is 3. The number of Topliss-reactive ketones (excluding diaryl/α,β-unsaturated/α-hetero) is 1. The van der Waals surface area contributed by atoms with E-state index in [1.807, 2.05) is 6.07 Å². The predicted molar refractivity (Wildman–Crippen MR) is 102 cm³/mol. The molecule has 0 saturated heterocycles. The van der Waals surface area contributed by atoms with E-state index in [-0.39, 0.29) is 11.7 Å². The third-order valence-corrected chi connectivity index (χ3v) is 3.93. The van der Waals surface area contributed by atoms with Crippen LogP contribution in [0, 0.1) is 0 Å². The van der Waals surface area contributed by atoms with Crippen LogP contribution in [-0.4, -0.2) is 50.4 Å². The van der Waals surface area contributed by atoms with E-state index in [0.717, 1.165) is 0 Å². The number of hydrogen-bond donors (Lipinski definition) is 0. The van der Waals surface area contributed by atoms with Crippen molar-refractivity contribution in [2.24, 2.45) is 0 Å². The number of benzene rings is 2. The van der Waals surface area contributed by atoms with Gasteiger partial charge in [-0.05, 0) is 25.1 Å². The SMILES string of the molecule is COc1cc(C(C)=O)ccc1OCC(=O)O[C@@H](C(=O)N(C)C)c1ccccc1. The molecule has 0 fully saturated rings. The molecule has 2 aromatic carbocycles. The van der Waals surface area contributed by atoms with Crippen LogP contribution in [0.4, 0.5) is 0 Å². The summed E-state index contributed by atoms with van der Waals surface area (Å²) in [5.74, 6) is -0.564. The summed E-state index contributed by atoms with van der Waals surface area (Å²) in [6.07, 6.45) is -1.06. The molecule has 0 aromatic heterocycles. The van der Waals surface area contributed by atoms with Crippen molar-refractivity contribution in [3.8, 4) is 11.5 Å². The molecule has 0 radical (unpaired) electrons. The van der Waals surface area contributed by atoms with E-state index in [1.54, 1.807) is 50.5 Å². The maximum absolute atomic E-state index is 12.4. The van der Waals surface area contributed by atoms with E-state index in [9.17, 15) is 14.4 Å². The van der Waals surface area contributed by atoms with Crippen LogP contribution in [0.15, 0.2) is 48.5 Å². The number of amides is 1. The minimum Gasteiger partial charge on any atom is -0.493 e. The molecule has 0 bridgehead atoms. The number of rotatable bonds is 8. The zero-order chi connectivity index (χ0) is 20.7. The molecule has 0 N–H and O–H groups in total. The molecule has 2 aromatic rings. The number of hydrogen-bond acceptors (Lipinski definition) is 6. The Hall–Kier alpha value is -3.35. The summed E-state index contributed by atoms with van der Waals surface area (Å²) in [5, 5.41) is 0. The first-order chi connectivity index (χ1) is 13.3. The molecule has 148 valence electrons. The van der Waals surface area contributed by atoms with Gasteiger partial charge in [-0.25, -0.2) is 4.79 Å². The smallest absolute Gasteiger partial charge is 0.345 e. The summed E-state index contributed by atoms with van der Waals surface area (Å²) in [6.45, 7) is 1.03. The van der Waals surface area contributed by atoms with Crippen LogP contribution in [0.25, 0.3) is 0 Å². The van der Waals surface area contributed by atoms with Gasteiger partial charge in [0.15, 0.2) is 23.9 Å². The molecular weight excluding hydrogens is 362 g/mol. The van der Waals surface area contributed by atoms with Crippen LogP contribution in [0.2, 0.25) is 0 Å². The third-order valence-electron chi connectivity index (χ3n) is 3.93. The summed E-state index contributed by atoms with van der Waals surface area (Å²) in [5.41, 5.74) is 1.03. The highest BCUT2D eigenvalue weighted by Crippen LogP contribution is 2.28. The van der Waals surface area contributed by atoms with Crippen molar-refractivity contribution in [1.82, 2.24) is 4.90 Å². The standard InChI is InChI=1S/C21H23NO6/c1-14(23)16-10-11-17(18(12-16)26-4)27-13-19(24)28-20(21(25)22(2)3)15-8-6-5-7-9-15/h5-12,20H,13H2,1-4H3/t20-/m1/s1. The first kappa shape index (κ1) is 21.0. The zero-order valence-corrected chi connectivity index (χ0v) is 16.3. The summed E-state index contributed by atoms with van der Waals surface area (Å²) >= 11 is 0. The molecule has 7 nitrogen and oxygen atoms in total. The van der Waals surface area contributed by atoms with Crippen molar-refractivity contribution >= 4 is 17.7 Å². The van der Waals surface area contributed by atoms with Crippen molar-refractivity contribution in [1.29, 1.82) is 0 Å². The molecule has 28 heavy (non-hydrogen) atoms. The van der Waals surface area contributed by atoms with Gasteiger partial charge in [-0.3, -0.25) is 9.59 Å². The number of methoxy groups -OCH3 is 1. The van der Waals surface area contributed by atoms with Gasteiger partial charge in [-0.2, -0.15) is 0 Å². The molecule has 1 amide bonds. The Bertz CT molecular complexity index is 847. The highest BCUT2D eigenvalue weighted by molar-refractivity contribution is 5.94. The van der Waals surface area contributed by atoms with E-state index in [0.29, 0.717) is 22.6 Å². The number of carbonyl (C=O) groups excluding carboxylic acids is 3. The van der Waals surface area contributed by atoms with Crippen LogP contribution in [0.5, 0.6) is 11.5 Å². The Morgan fingerprint density at radius 3 is 2.25 bits per heavy atom. The molecule has 2 rings (SSSR count). The highest BCUT2D eigenvalue weighted by atomic mass is 16.6. The second kappa shape index (κ2) is 9.55. The predicted octanol–water partition coefficient (Wildman–Crippen LogP) is 2.65. The van der Waals surface area contributed by atoms with Crippen LogP contribution >= 0.6 is 0 Å². The topological polar surface area (TPSA) is 82.1 Å². The van der Waals surface area contributed by atoms with Gasteiger partial charge in [0.1, 0.15) is 0 Å². The van der Waals surface area contributed by atoms with Crippen LogP contribution in [0.3, 0.4) is 0 Å². The van der Waals surface area contributed by atoms with Crippen molar-refractivity contribution in [3.63, 3.8) is 0 Å². The van der Waals surface area contributed by atoms with Crippen LogP contribution in [0.1, 0.15) is 28.9 Å². The Balaban J connectivity index is 2.09. The lowest BCUT2D eigenvalue weighted by Gasteiger charge is -2.21. The summed E-state index contributed by atoms with van der Waals surface area (Å²) in [4.78, 5) is 37.5. The molecule has 7 heteroatoms. The molecule has 0 spiro atoms. The van der Waals surface area contributed by atoms with Crippen molar-refractivity contribution in [2.45, 2.75) is 13.0 Å². The van der Waals surface area contributed by atoms with Gasteiger partial charge in [-0.1, -0.05) is 30.3 Å². The Morgan fingerprint density at radius 2 is 1.68 bits per heavy atom. The average molecular weight is 385 g/mol. The summed E-state index contributed by atoms with van der Waals surface area (Å²) in [7, 11) is 4.61. The van der Waals surface area contributed by atoms with E-state index >= 15 is 0 Å². The maximum Gasteiger partial charge on any atom is 0.345 e. The lowest BCUT2D eigenvalue weighted by atomic mass is 10.1. The van der Waals surface area contributed by atoms with Gasteiger partial charge in [0, 0.05) is 25.2 Å². The van der Waals surface area contributed by atoms with Gasteiger partial charge in [0.05, 0.1) is 7.11 Å². The van der Waals surface area contributed by atoms with Crippen molar-refractivity contribution in [2.75, 3.05) is 27.8 Å². The number of esters is 1. The van der Waals surface area contributed by atoms with E-state index in [2.05, 4.69) is 0 Å². The number of nitrogens with zero attached hydrogens (tertiary/aromatic N) is 1. The van der Waals surface area contributed by atoms with Gasteiger partial charge in [0.2, 0.25) is 6.10 Å². The number of likely N-dealkylation sites (N-methyl/N-ethyl adjacent to an activating group) is 1. The van der Waals surface area contributed by atoms with Crippen molar-refractivity contribution in [3.05, 3.63) is 59.7 Å². The molecule has 0 heterocycles. The Labute approximate surface area is 163 Å². The lowest BCUT2D eigenvalue weighted by molar-refractivity contribution is -0.161. The minimum atomic E-state index is -1.06. The van der Waals surface area contributed by atoms with Gasteiger partial charge in [0.25, 0.3) is 5.91 Å². The average Bonchev–Trinajstić information content (AvgIpc) is 2.70. The minimum absolute atomic E-state index is 0.114. The van der Waals surface area contributed by atoms with Gasteiger partial charge in [-0.15, -0.1) is 0 Å². The van der Waals surface area contributed by atoms with Crippen LogP contribution in [-0.2, 0) is 14.3 Å². The normalized spacial score (nSPS) is 11.3. The second-order valence-electron chi connectivity index (χ2n) is 6.22. The molecule has 0 aliphatic rings. The van der Waals surface area contributed by atoms with Crippen molar-refractivity contribution < 1.29 is 28.6 Å². The quantitative estimate of drug-likeness (QED) is 0.513. The van der Waals surface area contributed by atoms with Crippen LogP contribution < -0.4 is 9.47 Å². The number of ether oxygens (including phenoxy) is 3. The van der Waals surface area contributed by atoms with E-state index in [4.69, 9.17) is 14.2 Å². The Morgan fingerprint density at radius 1 is 1.00 bits per heavy atom. The van der Waals surface area contributed by atoms with E-state index in [1.165, 1.54) is 25.0 Å². The maximum atomic E-state index is 12.4. The molecule has 0 saturated carbocycles. The molecule has 0 unspecified atom stereocenters. The third kappa shape index (κ3) is 5.33. The fourth-order valence-corrected chi connectivity index (χ4v) is 2.43. The molecular formula is C21H23NO6. The summed E-state index contributed by atoms with van der Waals surface area (Å²) < 4.78 is 16.0. The number of ketones is 1. The highest BCUT2D eigenvalue weighted by Gasteiger charge is 2.26.